The van der Waals surface area contributed by atoms with E-state index in [1.165, 1.54) is 0 Å². The average Bonchev–Trinajstić information content (AvgIpc) is 2.20. The minimum absolute atomic E-state index is 0.257. The maximum Gasteiger partial charge on any atom is 0.119 e. The van der Waals surface area contributed by atoms with Gasteiger partial charge in [-0.1, -0.05) is 12.1 Å². The van der Waals surface area contributed by atoms with Crippen LogP contribution in [0.15, 0.2) is 18.2 Å². The van der Waals surface area contributed by atoms with Crippen LogP contribution in [0.3, 0.4) is 0 Å². The molecule has 14 heavy (non-hydrogen) atoms. The normalized spacial score (nSPS) is 25.1. The van der Waals surface area contributed by atoms with Gasteiger partial charge in [-0.2, -0.15) is 5.26 Å². The average molecular weight is 188 g/mol. The smallest absolute Gasteiger partial charge is 0.119 e. The lowest BCUT2D eigenvalue weighted by atomic mass is 9.79. The fraction of sp³-hybridized carbons (Fsp3) is 0.364. The number of nitriles is 1. The first kappa shape index (κ1) is 9.04. The largest absolute Gasteiger partial charge is 0.508 e. The summed E-state index contributed by atoms with van der Waals surface area (Å²) in [5.41, 5.74) is 7.02. The molecule has 1 aliphatic rings. The van der Waals surface area contributed by atoms with Gasteiger partial charge in [0.2, 0.25) is 0 Å². The van der Waals surface area contributed by atoms with Gasteiger partial charge in [-0.25, -0.2) is 0 Å². The number of hydrogen-bond acceptors (Lipinski definition) is 3. The number of benzene rings is 1. The van der Waals surface area contributed by atoms with Gasteiger partial charge in [-0.05, 0) is 30.0 Å². The minimum atomic E-state index is -0.800. The Bertz CT molecular complexity index is 408. The zero-order valence-electron chi connectivity index (χ0n) is 7.83. The van der Waals surface area contributed by atoms with E-state index >= 15 is 0 Å². The van der Waals surface area contributed by atoms with E-state index in [0.717, 1.165) is 17.5 Å². The Hall–Kier alpha value is -1.53. The van der Waals surface area contributed by atoms with Crippen LogP contribution in [0.2, 0.25) is 0 Å². The van der Waals surface area contributed by atoms with Crippen molar-refractivity contribution in [2.75, 3.05) is 0 Å². The second-order valence-electron chi connectivity index (χ2n) is 3.86. The molecule has 0 fully saturated rings. The number of phenols is 1. The van der Waals surface area contributed by atoms with Crippen LogP contribution in [0.4, 0.5) is 0 Å². The molecule has 3 heteroatoms. The van der Waals surface area contributed by atoms with Crippen LogP contribution in [0.25, 0.3) is 0 Å². The van der Waals surface area contributed by atoms with Gasteiger partial charge in [0.1, 0.15) is 11.3 Å². The number of nitrogens with zero attached hydrogens (tertiary/aromatic N) is 1. The molecule has 0 amide bonds. The molecule has 2 rings (SSSR count). The third-order valence-corrected chi connectivity index (χ3v) is 2.80. The molecule has 1 aliphatic carbocycles. The molecule has 0 bridgehead atoms. The number of aryl methyl sites for hydroxylation is 1. The molecule has 0 saturated heterocycles. The van der Waals surface area contributed by atoms with Crippen molar-refractivity contribution in [3.05, 3.63) is 29.3 Å². The van der Waals surface area contributed by atoms with E-state index in [4.69, 9.17) is 11.0 Å². The molecule has 1 aromatic rings. The van der Waals surface area contributed by atoms with Gasteiger partial charge in [-0.3, -0.25) is 0 Å². The summed E-state index contributed by atoms with van der Waals surface area (Å²) in [5, 5.41) is 18.5. The SMILES string of the molecule is N#CC1(N)CCc2cccc(O)c2C1. The van der Waals surface area contributed by atoms with Crippen molar-refractivity contribution in [3.63, 3.8) is 0 Å². The third kappa shape index (κ3) is 1.34. The number of rotatable bonds is 0. The lowest BCUT2D eigenvalue weighted by molar-refractivity contribution is 0.428. The summed E-state index contributed by atoms with van der Waals surface area (Å²) in [6, 6.07) is 7.56. The number of aromatic hydroxyl groups is 1. The van der Waals surface area contributed by atoms with Crippen LogP contribution in [-0.2, 0) is 12.8 Å². The lowest BCUT2D eigenvalue weighted by Gasteiger charge is -2.28. The van der Waals surface area contributed by atoms with E-state index in [2.05, 4.69) is 6.07 Å². The van der Waals surface area contributed by atoms with Crippen molar-refractivity contribution in [2.24, 2.45) is 5.73 Å². The standard InChI is InChI=1S/C11H12N2O/c12-7-11(13)5-4-8-2-1-3-10(14)9(8)6-11/h1-3,14H,4-6,13H2. The molecule has 0 spiro atoms. The molecule has 0 heterocycles. The molecule has 0 aromatic heterocycles. The Morgan fingerprint density at radius 1 is 1.50 bits per heavy atom. The number of hydrogen-bond donors (Lipinski definition) is 2. The maximum atomic E-state index is 9.62. The fourth-order valence-corrected chi connectivity index (χ4v) is 1.92. The predicted octanol–water partition coefficient (Wildman–Crippen LogP) is 1.10. The summed E-state index contributed by atoms with van der Waals surface area (Å²) in [6.07, 6.45) is 1.89. The molecule has 1 atom stereocenters. The first-order valence-electron chi connectivity index (χ1n) is 4.64. The number of fused-ring (bicyclic) bond motifs is 1. The quantitative estimate of drug-likeness (QED) is 0.640. The highest BCUT2D eigenvalue weighted by Gasteiger charge is 2.31. The Kier molecular flexibility index (Phi) is 1.94. The Labute approximate surface area is 82.8 Å². The van der Waals surface area contributed by atoms with Crippen LogP contribution in [-0.4, -0.2) is 10.6 Å². The van der Waals surface area contributed by atoms with E-state index in [1.54, 1.807) is 6.07 Å². The van der Waals surface area contributed by atoms with E-state index in [1.807, 2.05) is 12.1 Å². The van der Waals surface area contributed by atoms with E-state index < -0.39 is 5.54 Å². The lowest BCUT2D eigenvalue weighted by Crippen LogP contribution is -2.43. The van der Waals surface area contributed by atoms with Gasteiger partial charge < -0.3 is 10.8 Å². The molecule has 1 aromatic carbocycles. The monoisotopic (exact) mass is 188 g/mol. The van der Waals surface area contributed by atoms with Gasteiger partial charge in [-0.15, -0.1) is 0 Å². The van der Waals surface area contributed by atoms with Crippen LogP contribution in [0, 0.1) is 11.3 Å². The maximum absolute atomic E-state index is 9.62. The van der Waals surface area contributed by atoms with E-state index in [0.29, 0.717) is 12.8 Å². The van der Waals surface area contributed by atoms with Gasteiger partial charge in [0.05, 0.1) is 6.07 Å². The van der Waals surface area contributed by atoms with Crippen molar-refractivity contribution in [1.82, 2.24) is 0 Å². The third-order valence-electron chi connectivity index (χ3n) is 2.80. The zero-order valence-corrected chi connectivity index (χ0v) is 7.83. The van der Waals surface area contributed by atoms with Crippen LogP contribution in [0.5, 0.6) is 5.75 Å². The van der Waals surface area contributed by atoms with E-state index in [9.17, 15) is 5.11 Å². The highest BCUT2D eigenvalue weighted by atomic mass is 16.3. The van der Waals surface area contributed by atoms with Gasteiger partial charge in [0.25, 0.3) is 0 Å². The number of phenolic OH excluding ortho intramolecular Hbond substituents is 1. The molecular formula is C11H12N2O. The molecule has 0 saturated carbocycles. The van der Waals surface area contributed by atoms with Crippen molar-refractivity contribution in [3.8, 4) is 11.8 Å². The summed E-state index contributed by atoms with van der Waals surface area (Å²) in [5.74, 6) is 0.257. The molecule has 1 unspecified atom stereocenters. The molecule has 3 N–H and O–H groups in total. The molecule has 72 valence electrons. The Morgan fingerprint density at radius 2 is 2.29 bits per heavy atom. The number of nitrogens with two attached hydrogens (primary N) is 1. The second-order valence-corrected chi connectivity index (χ2v) is 3.86. The summed E-state index contributed by atoms with van der Waals surface area (Å²) in [7, 11) is 0. The predicted molar refractivity (Wildman–Crippen MR) is 52.7 cm³/mol. The van der Waals surface area contributed by atoms with Crippen molar-refractivity contribution < 1.29 is 5.11 Å². The fourth-order valence-electron chi connectivity index (χ4n) is 1.92. The molecular weight excluding hydrogens is 176 g/mol. The Morgan fingerprint density at radius 3 is 3.00 bits per heavy atom. The Balaban J connectivity index is 2.44. The summed E-state index contributed by atoms with van der Waals surface area (Å²) < 4.78 is 0. The molecule has 3 nitrogen and oxygen atoms in total. The van der Waals surface area contributed by atoms with Gasteiger partial charge in [0, 0.05) is 6.42 Å². The van der Waals surface area contributed by atoms with Crippen LogP contribution >= 0.6 is 0 Å². The highest BCUT2D eigenvalue weighted by Crippen LogP contribution is 2.32. The highest BCUT2D eigenvalue weighted by molar-refractivity contribution is 5.43. The van der Waals surface area contributed by atoms with E-state index in [-0.39, 0.29) is 5.75 Å². The summed E-state index contributed by atoms with van der Waals surface area (Å²) >= 11 is 0. The van der Waals surface area contributed by atoms with Gasteiger partial charge in [0.15, 0.2) is 0 Å². The zero-order chi connectivity index (χ0) is 10.2. The minimum Gasteiger partial charge on any atom is -0.508 e. The molecule has 0 aliphatic heterocycles. The first-order chi connectivity index (χ1) is 6.64. The topological polar surface area (TPSA) is 70.0 Å². The van der Waals surface area contributed by atoms with Gasteiger partial charge >= 0.3 is 0 Å². The summed E-state index contributed by atoms with van der Waals surface area (Å²) in [6.45, 7) is 0. The van der Waals surface area contributed by atoms with Crippen LogP contribution in [0.1, 0.15) is 17.5 Å². The van der Waals surface area contributed by atoms with Crippen molar-refractivity contribution in [1.29, 1.82) is 5.26 Å². The summed E-state index contributed by atoms with van der Waals surface area (Å²) in [4.78, 5) is 0. The van der Waals surface area contributed by atoms with Crippen molar-refractivity contribution >= 4 is 0 Å². The first-order valence-corrected chi connectivity index (χ1v) is 4.64. The second kappa shape index (κ2) is 3.00. The molecule has 0 radical (unpaired) electrons. The van der Waals surface area contributed by atoms with Crippen molar-refractivity contribution in [2.45, 2.75) is 24.8 Å². The van der Waals surface area contributed by atoms with Crippen LogP contribution < -0.4 is 5.73 Å².